The molecule has 4 rings (SSSR count). The second kappa shape index (κ2) is 8.91. The molecule has 2 aliphatic rings. The maximum absolute atomic E-state index is 13.2. The van der Waals surface area contributed by atoms with Crippen molar-refractivity contribution in [2.75, 3.05) is 44.2 Å². The number of hydrogen-bond acceptors (Lipinski definition) is 6. The van der Waals surface area contributed by atoms with Gasteiger partial charge in [0.15, 0.2) is 4.90 Å². The van der Waals surface area contributed by atoms with E-state index in [0.717, 1.165) is 18.8 Å². The molecule has 10 nitrogen and oxygen atoms in total. The number of carbonyl (C=O) groups is 1. The van der Waals surface area contributed by atoms with Crippen LogP contribution in [0.1, 0.15) is 18.5 Å². The van der Waals surface area contributed by atoms with Gasteiger partial charge in [-0.05, 0) is 31.9 Å². The average Bonchev–Trinajstić information content (AvgIpc) is 2.78. The van der Waals surface area contributed by atoms with Gasteiger partial charge < -0.3 is 14.8 Å². The number of piperidine rings is 1. The number of aromatic amines is 2. The number of rotatable bonds is 4. The Morgan fingerprint density at radius 3 is 2.34 bits per heavy atom. The quantitative estimate of drug-likeness (QED) is 0.666. The highest BCUT2D eigenvalue weighted by Gasteiger charge is 2.37. The van der Waals surface area contributed by atoms with Crippen molar-refractivity contribution in [1.82, 2.24) is 19.2 Å². The number of aryl methyl sites for hydroxylation is 1. The van der Waals surface area contributed by atoms with Gasteiger partial charge in [-0.1, -0.05) is 18.2 Å². The van der Waals surface area contributed by atoms with Crippen LogP contribution in [0.4, 0.5) is 5.69 Å². The maximum Gasteiger partial charge on any atom is 0.325 e. The van der Waals surface area contributed by atoms with Crippen molar-refractivity contribution < 1.29 is 13.2 Å². The lowest BCUT2D eigenvalue weighted by Gasteiger charge is -2.39. The van der Waals surface area contributed by atoms with Gasteiger partial charge in [0, 0.05) is 50.6 Å². The second-order valence-electron chi connectivity index (χ2n) is 8.21. The predicted octanol–water partition coefficient (Wildman–Crippen LogP) is 0.121. The molecule has 11 heteroatoms. The zero-order valence-corrected chi connectivity index (χ0v) is 18.7. The Kier molecular flexibility index (Phi) is 6.20. The molecule has 2 saturated heterocycles. The minimum absolute atomic E-state index is 0.00997. The molecule has 2 aromatic rings. The zero-order chi connectivity index (χ0) is 22.9. The highest BCUT2D eigenvalue weighted by atomic mass is 32.2. The summed E-state index contributed by atoms with van der Waals surface area (Å²) in [5.74, 6) is -0.506. The van der Waals surface area contributed by atoms with Crippen LogP contribution in [0.25, 0.3) is 0 Å². The summed E-state index contributed by atoms with van der Waals surface area (Å²) in [4.78, 5) is 44.6. The molecule has 0 unspecified atom stereocenters. The largest absolute Gasteiger partial charge is 0.368 e. The molecule has 3 heterocycles. The molecule has 1 aromatic carbocycles. The van der Waals surface area contributed by atoms with Crippen LogP contribution in [-0.2, 0) is 14.8 Å². The molecule has 1 aromatic heterocycles. The van der Waals surface area contributed by atoms with E-state index in [9.17, 15) is 22.8 Å². The molecule has 32 heavy (non-hydrogen) atoms. The van der Waals surface area contributed by atoms with Crippen LogP contribution >= 0.6 is 0 Å². The molecule has 1 atom stereocenters. The molecule has 0 aliphatic carbocycles. The second-order valence-corrected chi connectivity index (χ2v) is 10.1. The number of aromatic nitrogens is 2. The third kappa shape index (κ3) is 4.35. The van der Waals surface area contributed by atoms with E-state index in [2.05, 4.69) is 9.88 Å². The van der Waals surface area contributed by atoms with Crippen LogP contribution in [0.2, 0.25) is 0 Å². The number of benzene rings is 1. The molecule has 2 N–H and O–H groups in total. The zero-order valence-electron chi connectivity index (χ0n) is 17.9. The summed E-state index contributed by atoms with van der Waals surface area (Å²) in [5.41, 5.74) is -0.593. The Labute approximate surface area is 185 Å². The van der Waals surface area contributed by atoms with Crippen LogP contribution in [0, 0.1) is 12.8 Å². The highest BCUT2D eigenvalue weighted by Crippen LogP contribution is 2.25. The molecule has 0 radical (unpaired) electrons. The van der Waals surface area contributed by atoms with E-state index in [-0.39, 0.29) is 24.7 Å². The molecular formula is C21H27N5O5S. The molecular weight excluding hydrogens is 434 g/mol. The lowest BCUT2D eigenvalue weighted by Crippen LogP contribution is -2.53. The van der Waals surface area contributed by atoms with Gasteiger partial charge >= 0.3 is 5.69 Å². The molecule has 172 valence electrons. The van der Waals surface area contributed by atoms with Crippen molar-refractivity contribution in [2.24, 2.45) is 5.92 Å². The average molecular weight is 462 g/mol. The van der Waals surface area contributed by atoms with Crippen LogP contribution in [-0.4, -0.2) is 72.8 Å². The number of piperazine rings is 1. The van der Waals surface area contributed by atoms with Gasteiger partial charge in [0.1, 0.15) is 0 Å². The summed E-state index contributed by atoms with van der Waals surface area (Å²) in [5, 5.41) is 0. The standard InChI is InChI=1S/C21H27N5O5S/c1-15-18(19(27)23-21(29)22-15)32(30,31)26-9-5-6-16(14-26)20(28)25-12-10-24(11-13-25)17-7-3-2-4-8-17/h2-4,7-8,16H,5-6,9-14H2,1H3,(H2,22,23,27,29)/t16-/m1/s1. The van der Waals surface area contributed by atoms with Gasteiger partial charge in [-0.25, -0.2) is 13.2 Å². The van der Waals surface area contributed by atoms with Gasteiger partial charge in [-0.2, -0.15) is 4.31 Å². The Morgan fingerprint density at radius 1 is 1.00 bits per heavy atom. The fourth-order valence-electron chi connectivity index (χ4n) is 4.47. The normalized spacial score (nSPS) is 20.3. The van der Waals surface area contributed by atoms with Gasteiger partial charge in [-0.15, -0.1) is 0 Å². The molecule has 2 fully saturated rings. The summed E-state index contributed by atoms with van der Waals surface area (Å²) >= 11 is 0. The first-order chi connectivity index (χ1) is 15.3. The van der Waals surface area contributed by atoms with E-state index in [4.69, 9.17) is 0 Å². The smallest absolute Gasteiger partial charge is 0.325 e. The lowest BCUT2D eigenvalue weighted by molar-refractivity contribution is -0.137. The lowest BCUT2D eigenvalue weighted by atomic mass is 9.97. The Bertz CT molecular complexity index is 1200. The first-order valence-corrected chi connectivity index (χ1v) is 12.1. The predicted molar refractivity (Wildman–Crippen MR) is 119 cm³/mol. The summed E-state index contributed by atoms with van der Waals surface area (Å²) in [6.07, 6.45) is 1.13. The van der Waals surface area contributed by atoms with Gasteiger partial charge in [0.05, 0.1) is 5.92 Å². The molecule has 0 spiro atoms. The number of nitrogens with zero attached hydrogens (tertiary/aromatic N) is 3. The number of hydrogen-bond donors (Lipinski definition) is 2. The number of amides is 1. The third-order valence-corrected chi connectivity index (χ3v) is 8.14. The Hall–Kier alpha value is -2.92. The summed E-state index contributed by atoms with van der Waals surface area (Å²) < 4.78 is 27.5. The SMILES string of the molecule is Cc1[nH]c(=O)[nH]c(=O)c1S(=O)(=O)N1CCC[C@@H](C(=O)N2CCN(c3ccccc3)CC2)C1. The fourth-order valence-corrected chi connectivity index (χ4v) is 6.20. The topological polar surface area (TPSA) is 127 Å². The number of para-hydroxylation sites is 1. The molecule has 0 saturated carbocycles. The summed E-state index contributed by atoms with van der Waals surface area (Å²) in [6, 6.07) is 10.0. The van der Waals surface area contributed by atoms with E-state index in [1.165, 1.54) is 11.2 Å². The number of anilines is 1. The number of H-pyrrole nitrogens is 2. The van der Waals surface area contributed by atoms with Gasteiger partial charge in [-0.3, -0.25) is 14.6 Å². The van der Waals surface area contributed by atoms with Gasteiger partial charge in [0.25, 0.3) is 5.56 Å². The van der Waals surface area contributed by atoms with Crippen LogP contribution in [0.3, 0.4) is 0 Å². The summed E-state index contributed by atoms with van der Waals surface area (Å²) in [6.45, 7) is 4.23. The van der Waals surface area contributed by atoms with E-state index in [1.54, 1.807) is 4.90 Å². The van der Waals surface area contributed by atoms with Crippen LogP contribution < -0.4 is 16.1 Å². The third-order valence-electron chi connectivity index (χ3n) is 6.12. The van der Waals surface area contributed by atoms with Crippen LogP contribution in [0.5, 0.6) is 0 Å². The molecule has 1 amide bonds. The monoisotopic (exact) mass is 461 g/mol. The van der Waals surface area contributed by atoms with Crippen molar-refractivity contribution in [1.29, 1.82) is 0 Å². The van der Waals surface area contributed by atoms with Crippen molar-refractivity contribution in [3.63, 3.8) is 0 Å². The van der Waals surface area contributed by atoms with Crippen molar-refractivity contribution in [3.8, 4) is 0 Å². The minimum atomic E-state index is -4.14. The number of carbonyl (C=O) groups excluding carboxylic acids is 1. The van der Waals surface area contributed by atoms with E-state index < -0.39 is 32.1 Å². The number of nitrogens with one attached hydrogen (secondary N) is 2. The summed E-state index contributed by atoms with van der Waals surface area (Å²) in [7, 11) is -4.14. The number of sulfonamides is 1. The first-order valence-electron chi connectivity index (χ1n) is 10.7. The van der Waals surface area contributed by atoms with Crippen molar-refractivity contribution >= 4 is 21.6 Å². The Balaban J connectivity index is 1.45. The van der Waals surface area contributed by atoms with Crippen molar-refractivity contribution in [3.05, 3.63) is 56.9 Å². The van der Waals surface area contributed by atoms with Crippen LogP contribution in [0.15, 0.2) is 44.8 Å². The van der Waals surface area contributed by atoms with Gasteiger partial charge in [0.2, 0.25) is 15.9 Å². The fraction of sp³-hybridized carbons (Fsp3) is 0.476. The van der Waals surface area contributed by atoms with E-state index in [0.29, 0.717) is 25.9 Å². The molecule has 0 bridgehead atoms. The van der Waals surface area contributed by atoms with E-state index in [1.807, 2.05) is 35.3 Å². The Morgan fingerprint density at radius 2 is 1.69 bits per heavy atom. The van der Waals surface area contributed by atoms with Crippen molar-refractivity contribution in [2.45, 2.75) is 24.7 Å². The minimum Gasteiger partial charge on any atom is -0.368 e. The van der Waals surface area contributed by atoms with E-state index >= 15 is 0 Å². The first kappa shape index (κ1) is 22.3. The highest BCUT2D eigenvalue weighted by molar-refractivity contribution is 7.89. The molecule has 2 aliphatic heterocycles. The maximum atomic E-state index is 13.2.